The van der Waals surface area contributed by atoms with Crippen molar-refractivity contribution in [3.63, 3.8) is 0 Å². The molecule has 0 saturated carbocycles. The summed E-state index contributed by atoms with van der Waals surface area (Å²) in [6, 6.07) is -0.511. The number of nitrogens with one attached hydrogen (secondary N) is 2. The van der Waals surface area contributed by atoms with Crippen molar-refractivity contribution >= 4 is 6.03 Å². The molecule has 130 valence electrons. The van der Waals surface area contributed by atoms with Crippen LogP contribution in [0.1, 0.15) is 37.4 Å². The van der Waals surface area contributed by atoms with Crippen LogP contribution in [0.25, 0.3) is 0 Å². The Labute approximate surface area is 132 Å². The van der Waals surface area contributed by atoms with Crippen LogP contribution in [-0.2, 0) is 24.5 Å². The average molecular weight is 334 g/mol. The molecule has 0 aliphatic carbocycles. The molecule has 23 heavy (non-hydrogen) atoms. The van der Waals surface area contributed by atoms with Gasteiger partial charge in [-0.3, -0.25) is 4.68 Å². The molecule has 1 aromatic rings. The third-order valence-electron chi connectivity index (χ3n) is 3.94. The predicted octanol–water partition coefficient (Wildman–Crippen LogP) is 2.20. The van der Waals surface area contributed by atoms with Gasteiger partial charge in [0, 0.05) is 19.7 Å². The number of carbonyl (C=O) groups is 1. The van der Waals surface area contributed by atoms with E-state index < -0.39 is 17.8 Å². The SMILES string of the molecule is CCC1CC(NC(=O)NCc2c(C(F)(F)F)cnn2C)CCO1. The summed E-state index contributed by atoms with van der Waals surface area (Å²) in [6.45, 7) is 2.34. The summed E-state index contributed by atoms with van der Waals surface area (Å²) in [4.78, 5) is 11.9. The van der Waals surface area contributed by atoms with E-state index in [0.717, 1.165) is 17.3 Å². The Morgan fingerprint density at radius 3 is 2.91 bits per heavy atom. The Balaban J connectivity index is 1.89. The Morgan fingerprint density at radius 1 is 1.52 bits per heavy atom. The van der Waals surface area contributed by atoms with Crippen molar-refractivity contribution in [3.05, 3.63) is 17.5 Å². The van der Waals surface area contributed by atoms with Gasteiger partial charge in [0.25, 0.3) is 0 Å². The van der Waals surface area contributed by atoms with Crippen LogP contribution in [0.2, 0.25) is 0 Å². The minimum atomic E-state index is -4.49. The van der Waals surface area contributed by atoms with Crippen LogP contribution < -0.4 is 10.6 Å². The topological polar surface area (TPSA) is 68.2 Å². The van der Waals surface area contributed by atoms with E-state index in [4.69, 9.17) is 4.74 Å². The monoisotopic (exact) mass is 334 g/mol. The third-order valence-corrected chi connectivity index (χ3v) is 3.94. The van der Waals surface area contributed by atoms with Gasteiger partial charge in [-0.25, -0.2) is 4.79 Å². The number of amides is 2. The quantitative estimate of drug-likeness (QED) is 0.887. The number of hydrogen-bond donors (Lipinski definition) is 2. The maximum Gasteiger partial charge on any atom is 0.419 e. The van der Waals surface area contributed by atoms with Gasteiger partial charge in [0.05, 0.1) is 30.1 Å². The van der Waals surface area contributed by atoms with Gasteiger partial charge in [0.1, 0.15) is 0 Å². The average Bonchev–Trinajstić information content (AvgIpc) is 2.86. The summed E-state index contributed by atoms with van der Waals surface area (Å²) in [5, 5.41) is 8.86. The minimum absolute atomic E-state index is 0.0256. The van der Waals surface area contributed by atoms with Crippen molar-refractivity contribution in [3.8, 4) is 0 Å². The van der Waals surface area contributed by atoms with Crippen LogP contribution >= 0.6 is 0 Å². The molecule has 2 atom stereocenters. The van der Waals surface area contributed by atoms with Gasteiger partial charge in [-0.2, -0.15) is 18.3 Å². The Hall–Kier alpha value is -1.77. The van der Waals surface area contributed by atoms with Gasteiger partial charge in [-0.05, 0) is 19.3 Å². The molecule has 1 aliphatic rings. The van der Waals surface area contributed by atoms with Crippen LogP contribution in [0, 0.1) is 0 Å². The van der Waals surface area contributed by atoms with Gasteiger partial charge in [0.2, 0.25) is 0 Å². The first-order valence-corrected chi connectivity index (χ1v) is 7.55. The molecule has 2 N–H and O–H groups in total. The number of ether oxygens (including phenoxy) is 1. The zero-order valence-corrected chi connectivity index (χ0v) is 13.1. The highest BCUT2D eigenvalue weighted by Gasteiger charge is 2.35. The molecular weight excluding hydrogens is 313 g/mol. The van der Waals surface area contributed by atoms with E-state index in [1.54, 1.807) is 0 Å². The normalized spacial score (nSPS) is 22.0. The highest BCUT2D eigenvalue weighted by Crippen LogP contribution is 2.31. The van der Waals surface area contributed by atoms with Crippen molar-refractivity contribution < 1.29 is 22.7 Å². The molecule has 2 heterocycles. The van der Waals surface area contributed by atoms with Gasteiger partial charge in [-0.15, -0.1) is 0 Å². The van der Waals surface area contributed by atoms with Crippen LogP contribution in [-0.4, -0.2) is 34.6 Å². The fourth-order valence-electron chi connectivity index (χ4n) is 2.61. The lowest BCUT2D eigenvalue weighted by Gasteiger charge is -2.29. The molecule has 1 aliphatic heterocycles. The first-order valence-electron chi connectivity index (χ1n) is 7.55. The van der Waals surface area contributed by atoms with Gasteiger partial charge >= 0.3 is 12.2 Å². The molecular formula is C14H21F3N4O2. The lowest BCUT2D eigenvalue weighted by Crippen LogP contribution is -2.46. The molecule has 1 fully saturated rings. The van der Waals surface area contributed by atoms with E-state index in [1.165, 1.54) is 7.05 Å². The number of hydrogen-bond acceptors (Lipinski definition) is 3. The number of carbonyl (C=O) groups excluding carboxylic acids is 1. The van der Waals surface area contributed by atoms with Crippen LogP contribution in [0.4, 0.5) is 18.0 Å². The zero-order valence-electron chi connectivity index (χ0n) is 13.1. The molecule has 2 rings (SSSR count). The molecule has 2 amide bonds. The van der Waals surface area contributed by atoms with Crippen LogP contribution in [0.5, 0.6) is 0 Å². The van der Waals surface area contributed by atoms with E-state index >= 15 is 0 Å². The zero-order chi connectivity index (χ0) is 17.0. The molecule has 2 unspecified atom stereocenters. The van der Waals surface area contributed by atoms with E-state index in [0.29, 0.717) is 19.4 Å². The van der Waals surface area contributed by atoms with E-state index in [2.05, 4.69) is 15.7 Å². The molecule has 9 heteroatoms. The van der Waals surface area contributed by atoms with Gasteiger partial charge in [-0.1, -0.05) is 6.92 Å². The molecule has 1 saturated heterocycles. The highest BCUT2D eigenvalue weighted by atomic mass is 19.4. The summed E-state index contributed by atoms with van der Waals surface area (Å²) in [5.74, 6) is 0. The number of rotatable bonds is 4. The van der Waals surface area contributed by atoms with Crippen molar-refractivity contribution in [1.82, 2.24) is 20.4 Å². The number of nitrogens with zero attached hydrogens (tertiary/aromatic N) is 2. The summed E-state index contributed by atoms with van der Waals surface area (Å²) >= 11 is 0. The molecule has 0 spiro atoms. The van der Waals surface area contributed by atoms with Gasteiger partial charge < -0.3 is 15.4 Å². The number of alkyl halides is 3. The summed E-state index contributed by atoms with van der Waals surface area (Å²) < 4.78 is 45.2. The fourth-order valence-corrected chi connectivity index (χ4v) is 2.61. The Bertz CT molecular complexity index is 545. The molecule has 6 nitrogen and oxygen atoms in total. The number of aryl methyl sites for hydroxylation is 1. The number of halogens is 3. The van der Waals surface area contributed by atoms with Crippen molar-refractivity contribution in [2.75, 3.05) is 6.61 Å². The second-order valence-corrected chi connectivity index (χ2v) is 5.58. The fraction of sp³-hybridized carbons (Fsp3) is 0.714. The number of aromatic nitrogens is 2. The van der Waals surface area contributed by atoms with E-state index in [-0.39, 0.29) is 24.4 Å². The van der Waals surface area contributed by atoms with Crippen molar-refractivity contribution in [2.24, 2.45) is 7.05 Å². The largest absolute Gasteiger partial charge is 0.419 e. The van der Waals surface area contributed by atoms with Gasteiger partial charge in [0.15, 0.2) is 0 Å². The van der Waals surface area contributed by atoms with E-state index in [1.807, 2.05) is 6.92 Å². The summed E-state index contributed by atoms with van der Waals surface area (Å²) in [7, 11) is 1.41. The highest BCUT2D eigenvalue weighted by molar-refractivity contribution is 5.74. The summed E-state index contributed by atoms with van der Waals surface area (Å²) in [5.41, 5.74) is -0.913. The molecule has 1 aromatic heterocycles. The standard InChI is InChI=1S/C14H21F3N4O2/c1-3-10-6-9(4-5-23-10)20-13(22)18-8-12-11(14(15,16)17)7-19-21(12)2/h7,9-10H,3-6,8H2,1-2H3,(H2,18,20,22). The minimum Gasteiger partial charge on any atom is -0.378 e. The second-order valence-electron chi connectivity index (χ2n) is 5.58. The Morgan fingerprint density at radius 2 is 2.26 bits per heavy atom. The second kappa shape index (κ2) is 7.20. The third kappa shape index (κ3) is 4.60. The molecule has 0 aromatic carbocycles. The molecule has 0 bridgehead atoms. The Kier molecular flexibility index (Phi) is 5.51. The lowest BCUT2D eigenvalue weighted by molar-refractivity contribution is -0.138. The first kappa shape index (κ1) is 17.6. The smallest absolute Gasteiger partial charge is 0.378 e. The van der Waals surface area contributed by atoms with Crippen LogP contribution in [0.3, 0.4) is 0 Å². The predicted molar refractivity (Wildman–Crippen MR) is 76.6 cm³/mol. The lowest BCUT2D eigenvalue weighted by atomic mass is 10.0. The van der Waals surface area contributed by atoms with Crippen molar-refractivity contribution in [1.29, 1.82) is 0 Å². The van der Waals surface area contributed by atoms with Crippen LogP contribution in [0.15, 0.2) is 6.20 Å². The maximum absolute atomic E-state index is 12.8. The van der Waals surface area contributed by atoms with E-state index in [9.17, 15) is 18.0 Å². The number of urea groups is 1. The van der Waals surface area contributed by atoms with Crippen molar-refractivity contribution in [2.45, 2.75) is 51.1 Å². The first-order chi connectivity index (χ1) is 10.8. The maximum atomic E-state index is 12.8. The summed E-state index contributed by atoms with van der Waals surface area (Å²) in [6.07, 6.45) is -1.34. The molecule has 0 radical (unpaired) electrons.